The zero-order valence-electron chi connectivity index (χ0n) is 13.2. The summed E-state index contributed by atoms with van der Waals surface area (Å²) in [6.07, 6.45) is -1.82. The van der Waals surface area contributed by atoms with Crippen LogP contribution in [0.2, 0.25) is 0 Å². The molecule has 0 amide bonds. The first-order valence-corrected chi connectivity index (χ1v) is 7.73. The van der Waals surface area contributed by atoms with Gasteiger partial charge in [0, 0.05) is 12.1 Å². The molecule has 2 aromatic heterocycles. The van der Waals surface area contributed by atoms with Gasteiger partial charge in [-0.05, 0) is 42.3 Å². The third-order valence-corrected chi connectivity index (χ3v) is 4.01. The largest absolute Gasteiger partial charge is 0.434 e. The number of aromatic nitrogens is 6. The number of benzene rings is 1. The zero-order chi connectivity index (χ0) is 17.6. The predicted octanol–water partition coefficient (Wildman–Crippen LogP) is 3.32. The van der Waals surface area contributed by atoms with Gasteiger partial charge in [-0.3, -0.25) is 0 Å². The molecule has 0 N–H and O–H groups in total. The molecule has 1 saturated carbocycles. The Labute approximate surface area is 140 Å². The Morgan fingerprint density at radius 1 is 1.12 bits per heavy atom. The highest BCUT2D eigenvalue weighted by Crippen LogP contribution is 2.41. The summed E-state index contributed by atoms with van der Waals surface area (Å²) in [7, 11) is 0. The summed E-state index contributed by atoms with van der Waals surface area (Å²) in [6.45, 7) is 1.91. The van der Waals surface area contributed by atoms with E-state index >= 15 is 0 Å². The Bertz CT molecular complexity index is 912. The first-order valence-electron chi connectivity index (χ1n) is 7.73. The number of tetrazole rings is 1. The Balaban J connectivity index is 1.85. The van der Waals surface area contributed by atoms with E-state index in [-0.39, 0.29) is 23.1 Å². The average Bonchev–Trinajstić information content (AvgIpc) is 3.32. The van der Waals surface area contributed by atoms with Crippen LogP contribution in [-0.2, 0) is 6.18 Å². The van der Waals surface area contributed by atoms with Gasteiger partial charge >= 0.3 is 6.18 Å². The number of halogens is 3. The van der Waals surface area contributed by atoms with E-state index in [1.807, 2.05) is 19.1 Å². The third-order valence-electron chi connectivity index (χ3n) is 4.01. The third kappa shape index (κ3) is 2.97. The van der Waals surface area contributed by atoms with Gasteiger partial charge in [0.25, 0.3) is 0 Å². The van der Waals surface area contributed by atoms with Gasteiger partial charge in [-0.15, -0.1) is 5.10 Å². The van der Waals surface area contributed by atoms with Crippen molar-refractivity contribution in [2.75, 3.05) is 0 Å². The van der Waals surface area contributed by atoms with Gasteiger partial charge in [0.05, 0.1) is 11.3 Å². The van der Waals surface area contributed by atoms with Crippen LogP contribution in [0.4, 0.5) is 13.2 Å². The van der Waals surface area contributed by atoms with E-state index < -0.39 is 11.9 Å². The van der Waals surface area contributed by atoms with Gasteiger partial charge in [0.1, 0.15) is 5.82 Å². The molecule has 0 aliphatic heterocycles. The molecule has 1 aliphatic carbocycles. The summed E-state index contributed by atoms with van der Waals surface area (Å²) >= 11 is 0. The Hall–Kier alpha value is -2.84. The summed E-state index contributed by atoms with van der Waals surface area (Å²) in [5.41, 5.74) is 0.339. The number of hydrogen-bond donors (Lipinski definition) is 0. The fourth-order valence-electron chi connectivity index (χ4n) is 2.53. The fraction of sp³-hybridized carbons (Fsp3) is 0.312. The van der Waals surface area contributed by atoms with Crippen molar-refractivity contribution in [3.63, 3.8) is 0 Å². The molecule has 4 rings (SSSR count). The minimum atomic E-state index is -4.62. The van der Waals surface area contributed by atoms with Crippen molar-refractivity contribution in [3.8, 4) is 17.1 Å². The molecular formula is C16H13F3N6. The highest BCUT2D eigenvalue weighted by atomic mass is 19.4. The lowest BCUT2D eigenvalue weighted by molar-refractivity contribution is -0.140. The first kappa shape index (κ1) is 15.7. The van der Waals surface area contributed by atoms with Gasteiger partial charge in [-0.1, -0.05) is 17.7 Å². The molecule has 1 aromatic carbocycles. The molecule has 1 fully saturated rings. The van der Waals surface area contributed by atoms with Gasteiger partial charge < -0.3 is 0 Å². The molecule has 9 heteroatoms. The van der Waals surface area contributed by atoms with E-state index in [0.717, 1.165) is 18.4 Å². The number of alkyl halides is 3. The second-order valence-corrected chi connectivity index (χ2v) is 6.01. The number of nitrogens with zero attached hydrogens (tertiary/aromatic N) is 6. The van der Waals surface area contributed by atoms with Crippen LogP contribution in [0.5, 0.6) is 0 Å². The molecule has 0 unspecified atom stereocenters. The summed E-state index contributed by atoms with van der Waals surface area (Å²) in [4.78, 5) is 7.87. The van der Waals surface area contributed by atoms with E-state index in [4.69, 9.17) is 0 Å². The molecule has 25 heavy (non-hydrogen) atoms. The van der Waals surface area contributed by atoms with Gasteiger partial charge in [-0.25, -0.2) is 9.97 Å². The van der Waals surface area contributed by atoms with Crippen LogP contribution in [-0.4, -0.2) is 30.2 Å². The quantitative estimate of drug-likeness (QED) is 0.728. The monoisotopic (exact) mass is 346 g/mol. The van der Waals surface area contributed by atoms with E-state index in [0.29, 0.717) is 5.69 Å². The lowest BCUT2D eigenvalue weighted by Crippen LogP contribution is -2.14. The van der Waals surface area contributed by atoms with Crippen LogP contribution < -0.4 is 0 Å². The summed E-state index contributed by atoms with van der Waals surface area (Å²) in [6, 6.07) is 7.14. The molecule has 0 atom stereocenters. The molecule has 0 bridgehead atoms. The maximum Gasteiger partial charge on any atom is 0.434 e. The van der Waals surface area contributed by atoms with Crippen LogP contribution in [0.1, 0.15) is 35.8 Å². The van der Waals surface area contributed by atoms with Gasteiger partial charge in [0.2, 0.25) is 0 Å². The highest BCUT2D eigenvalue weighted by molar-refractivity contribution is 5.60. The molecular weight excluding hydrogens is 333 g/mol. The van der Waals surface area contributed by atoms with Crippen LogP contribution in [0, 0.1) is 6.92 Å². The van der Waals surface area contributed by atoms with Crippen LogP contribution in [0.25, 0.3) is 17.1 Å². The van der Waals surface area contributed by atoms with Crippen LogP contribution >= 0.6 is 0 Å². The number of hydrogen-bond acceptors (Lipinski definition) is 5. The second-order valence-electron chi connectivity index (χ2n) is 6.01. The first-order chi connectivity index (χ1) is 11.9. The van der Waals surface area contributed by atoms with Crippen molar-refractivity contribution in [1.29, 1.82) is 0 Å². The topological polar surface area (TPSA) is 69.4 Å². The summed E-state index contributed by atoms with van der Waals surface area (Å²) < 4.78 is 41.8. The maximum atomic E-state index is 13.5. The number of rotatable bonds is 3. The van der Waals surface area contributed by atoms with Crippen molar-refractivity contribution < 1.29 is 13.2 Å². The number of aryl methyl sites for hydroxylation is 1. The zero-order valence-corrected chi connectivity index (χ0v) is 13.2. The molecule has 2 heterocycles. The smallest absolute Gasteiger partial charge is 0.240 e. The van der Waals surface area contributed by atoms with Crippen LogP contribution in [0.3, 0.4) is 0 Å². The lowest BCUT2D eigenvalue weighted by atomic mass is 10.2. The molecule has 128 valence electrons. The van der Waals surface area contributed by atoms with E-state index in [2.05, 4.69) is 25.5 Å². The SMILES string of the molecule is Cc1ccc(-n2nnnc2-c2cnc(C3CC3)nc2C(F)(F)F)cc1. The molecule has 0 saturated heterocycles. The van der Waals surface area contributed by atoms with Crippen molar-refractivity contribution in [1.82, 2.24) is 30.2 Å². The molecule has 6 nitrogen and oxygen atoms in total. The average molecular weight is 346 g/mol. The Morgan fingerprint density at radius 2 is 1.84 bits per heavy atom. The molecule has 0 radical (unpaired) electrons. The van der Waals surface area contributed by atoms with E-state index in [1.54, 1.807) is 12.1 Å². The van der Waals surface area contributed by atoms with E-state index in [1.165, 1.54) is 10.9 Å². The van der Waals surface area contributed by atoms with Crippen molar-refractivity contribution >= 4 is 0 Å². The second kappa shape index (κ2) is 5.61. The minimum absolute atomic E-state index is 0.0169. The van der Waals surface area contributed by atoms with Crippen molar-refractivity contribution in [3.05, 3.63) is 47.5 Å². The van der Waals surface area contributed by atoms with Gasteiger partial charge in [-0.2, -0.15) is 17.9 Å². The molecule has 1 aliphatic rings. The standard InChI is InChI=1S/C16H13F3N6/c1-9-2-6-11(7-3-9)25-15(22-23-24-25)12-8-20-14(10-4-5-10)21-13(12)16(17,18)19/h2-3,6-8,10H,4-5H2,1H3. The normalized spacial score (nSPS) is 14.7. The Kier molecular flexibility index (Phi) is 3.52. The predicted molar refractivity (Wildman–Crippen MR) is 81.9 cm³/mol. The fourth-order valence-corrected chi connectivity index (χ4v) is 2.53. The maximum absolute atomic E-state index is 13.5. The Morgan fingerprint density at radius 3 is 2.48 bits per heavy atom. The van der Waals surface area contributed by atoms with Gasteiger partial charge in [0.15, 0.2) is 11.5 Å². The van der Waals surface area contributed by atoms with Crippen molar-refractivity contribution in [2.45, 2.75) is 31.9 Å². The highest BCUT2D eigenvalue weighted by Gasteiger charge is 2.39. The summed E-state index contributed by atoms with van der Waals surface area (Å²) in [5.74, 6) is 0.201. The van der Waals surface area contributed by atoms with Crippen LogP contribution in [0.15, 0.2) is 30.5 Å². The minimum Gasteiger partial charge on any atom is -0.240 e. The molecule has 3 aromatic rings. The van der Waals surface area contributed by atoms with Crippen molar-refractivity contribution in [2.24, 2.45) is 0 Å². The van der Waals surface area contributed by atoms with E-state index in [9.17, 15) is 13.2 Å². The summed E-state index contributed by atoms with van der Waals surface area (Å²) in [5, 5.41) is 11.1. The molecule has 0 spiro atoms. The lowest BCUT2D eigenvalue weighted by Gasteiger charge is -2.12.